The molecule has 9 rings (SSSR count). The molecule has 24 heteroatoms. The van der Waals surface area contributed by atoms with E-state index in [4.69, 9.17) is 37.9 Å². The second-order valence-electron chi connectivity index (χ2n) is 24.4. The maximum atomic E-state index is 13.2. The highest BCUT2D eigenvalue weighted by Crippen LogP contribution is 2.47. The van der Waals surface area contributed by atoms with E-state index in [2.05, 4.69) is 0 Å². The van der Waals surface area contributed by atoms with E-state index in [0.717, 1.165) is 94.1 Å². The molecule has 0 fully saturated rings. The lowest BCUT2D eigenvalue weighted by Crippen LogP contribution is -2.08. The second kappa shape index (κ2) is 36.5. The predicted molar refractivity (Wildman–Crippen MR) is 419 cm³/mol. The van der Waals surface area contributed by atoms with Crippen LogP contribution in [-0.4, -0.2) is 97.8 Å². The van der Waals surface area contributed by atoms with Gasteiger partial charge >= 0.3 is 0 Å². The summed E-state index contributed by atoms with van der Waals surface area (Å²) in [4.78, 5) is 111. The van der Waals surface area contributed by atoms with Crippen LogP contribution in [0.1, 0.15) is 144 Å². The van der Waals surface area contributed by atoms with Crippen LogP contribution in [0.15, 0.2) is 136 Å². The molecule has 104 heavy (non-hydrogen) atoms. The lowest BCUT2D eigenvalue weighted by atomic mass is 9.91. The number of hydrogen-bond donors (Lipinski definition) is 0. The summed E-state index contributed by atoms with van der Waals surface area (Å²) in [7, 11) is 12.7. The first kappa shape index (κ1) is 80.4. The third-order valence-corrected chi connectivity index (χ3v) is 22.6. The second-order valence-corrected chi connectivity index (χ2v) is 34.4. The molecule has 544 valence electrons. The van der Waals surface area contributed by atoms with Crippen molar-refractivity contribution in [3.05, 3.63) is 186 Å². The molecule has 0 amide bonds. The molecule has 0 heterocycles. The Balaban J connectivity index is 1.38. The van der Waals surface area contributed by atoms with Gasteiger partial charge in [-0.15, -0.1) is 0 Å². The van der Waals surface area contributed by atoms with E-state index in [1.165, 1.54) is 55.4 Å². The van der Waals surface area contributed by atoms with Gasteiger partial charge in [-0.1, -0.05) is 94.1 Å². The monoisotopic (exact) mass is 1550 g/mol. The summed E-state index contributed by atoms with van der Waals surface area (Å²) >= 11 is 8.50. The SMILES string of the molecule is COc1c2cc(SC(C)=O)cc1Cc1cc(SC(C)=O)cc(c1OC)Cc1cc(SC(C)=O)cc(c1OC)Cc1cc(SC(C)=O)cc(c1OC)Cc1cc(SC(C)=O)cc(c1OC)Cc1cc(SC(C)=O)cc(c1OC)Cc1cc(SC(C)=O)cc(c1OC)Cc1cc(SC(C)=O)cc(c1OC)C2. The summed E-state index contributed by atoms with van der Waals surface area (Å²) in [6, 6.07) is 30.7. The highest BCUT2D eigenvalue weighted by molar-refractivity contribution is 8.15. The standard InChI is InChI=1S/C80H80O16S8/c1-41(81)97-65-25-49-17-51-27-66(98-42(2)82)29-53(74(51)90-10)19-55-31-68(100-44(4)84)33-57(76(55)92-12)21-59-35-70(102-46(6)86)37-61(78(59)94-14)23-63-39-72(104-48(8)88)40-64(80(63)96-16)24-62-38-71(103-47(7)87)36-60(79(62)95-15)22-58-34-69(101-45(5)85)32-56(77(58)93-13)20-54-30-67(99-43(3)83)28-52(75(54)91-11)18-50(26-65)73(49)89-9/h25-40H,17-24H2,1-16H3. The number of fused-ring (bicyclic) bond motifs is 16. The Hall–Kier alpha value is -7.68. The Morgan fingerprint density at radius 3 is 0.317 bits per heavy atom. The van der Waals surface area contributed by atoms with Crippen molar-refractivity contribution in [2.24, 2.45) is 0 Å². The van der Waals surface area contributed by atoms with Crippen molar-refractivity contribution >= 4 is 135 Å². The fourth-order valence-corrected chi connectivity index (χ4v) is 19.3. The van der Waals surface area contributed by atoms with E-state index >= 15 is 0 Å². The molecule has 0 atom stereocenters. The molecule has 0 radical (unpaired) electrons. The largest absolute Gasteiger partial charge is 0.496 e. The number of carbonyl (C=O) groups excluding carboxylic acids is 8. The number of methoxy groups -OCH3 is 8. The van der Waals surface area contributed by atoms with E-state index in [-0.39, 0.29) is 92.3 Å². The van der Waals surface area contributed by atoms with Crippen molar-refractivity contribution in [2.45, 2.75) is 146 Å². The first-order valence-electron chi connectivity index (χ1n) is 32.7. The number of benzene rings is 8. The van der Waals surface area contributed by atoms with Crippen LogP contribution in [0.3, 0.4) is 0 Å². The summed E-state index contributed by atoms with van der Waals surface area (Å²) in [5, 5.41) is -1.25. The van der Waals surface area contributed by atoms with Gasteiger partial charge in [0.25, 0.3) is 0 Å². The minimum atomic E-state index is -0.156. The summed E-state index contributed by atoms with van der Waals surface area (Å²) < 4.78 is 51.6. The van der Waals surface area contributed by atoms with Gasteiger partial charge in [0, 0.05) is 235 Å². The molecule has 0 aliphatic heterocycles. The van der Waals surface area contributed by atoms with Crippen LogP contribution >= 0.6 is 94.1 Å². The van der Waals surface area contributed by atoms with Crippen LogP contribution in [0, 0.1) is 0 Å². The Kier molecular flexibility index (Phi) is 28.3. The van der Waals surface area contributed by atoms with E-state index in [1.54, 1.807) is 56.9 Å². The molecule has 0 spiro atoms. The Morgan fingerprint density at radius 1 is 0.183 bits per heavy atom. The first-order valence-corrected chi connectivity index (χ1v) is 39.2. The van der Waals surface area contributed by atoms with E-state index in [0.29, 0.717) is 174 Å². The minimum absolute atomic E-state index is 0.156. The number of hydrogen-bond acceptors (Lipinski definition) is 24. The van der Waals surface area contributed by atoms with Crippen molar-refractivity contribution in [1.82, 2.24) is 0 Å². The number of ether oxygens (including phenoxy) is 8. The van der Waals surface area contributed by atoms with Crippen molar-refractivity contribution < 1.29 is 76.3 Å². The van der Waals surface area contributed by atoms with Gasteiger partial charge in [-0.3, -0.25) is 38.4 Å². The summed E-state index contributed by atoms with van der Waals surface area (Å²) in [5.74, 6) is 4.03. The molecule has 16 bridgehead atoms. The van der Waals surface area contributed by atoms with Gasteiger partial charge in [-0.25, -0.2) is 0 Å². The number of rotatable bonds is 16. The molecule has 1 aliphatic rings. The molecule has 0 unspecified atom stereocenters. The molecule has 16 nitrogen and oxygen atoms in total. The predicted octanol–water partition coefficient (Wildman–Crippen LogP) is 17.9. The average Bonchev–Trinajstić information content (AvgIpc) is 0.786. The zero-order valence-corrected chi connectivity index (χ0v) is 67.2. The van der Waals surface area contributed by atoms with Crippen LogP contribution in [0.4, 0.5) is 0 Å². The summed E-state index contributed by atoms with van der Waals surface area (Å²) in [6.07, 6.45) is 1.47. The zero-order valence-electron chi connectivity index (χ0n) is 60.7. The molecular formula is C80H80O16S8. The molecule has 8 aromatic rings. The molecule has 8 aromatic carbocycles. The molecule has 0 aromatic heterocycles. The number of thioether (sulfide) groups is 8. The highest BCUT2D eigenvalue weighted by atomic mass is 32.2. The van der Waals surface area contributed by atoms with Crippen LogP contribution in [0.2, 0.25) is 0 Å². The minimum Gasteiger partial charge on any atom is -0.496 e. The lowest BCUT2D eigenvalue weighted by Gasteiger charge is -2.23. The van der Waals surface area contributed by atoms with Gasteiger partial charge in [-0.05, 0) is 97.1 Å². The topological polar surface area (TPSA) is 210 Å². The molecular weight excluding hydrogens is 1470 g/mol. The zero-order chi connectivity index (χ0) is 75.4. The summed E-state index contributed by atoms with van der Waals surface area (Å²) in [6.45, 7) is 12.0. The van der Waals surface area contributed by atoms with E-state index in [9.17, 15) is 38.4 Å². The van der Waals surface area contributed by atoms with Gasteiger partial charge in [0.2, 0.25) is 0 Å². The Labute approximate surface area is 641 Å². The van der Waals surface area contributed by atoms with Crippen LogP contribution in [0.25, 0.3) is 0 Å². The molecule has 0 N–H and O–H groups in total. The van der Waals surface area contributed by atoms with Crippen LogP contribution in [-0.2, 0) is 89.7 Å². The molecule has 1 aliphatic carbocycles. The fraction of sp³-hybridized carbons (Fsp3) is 0.300. The van der Waals surface area contributed by atoms with Crippen LogP contribution < -0.4 is 37.9 Å². The van der Waals surface area contributed by atoms with Crippen LogP contribution in [0.5, 0.6) is 46.0 Å². The fourth-order valence-electron chi connectivity index (χ4n) is 13.4. The quantitative estimate of drug-likeness (QED) is 0.0823. The first-order chi connectivity index (χ1) is 49.6. The third kappa shape index (κ3) is 20.5. The maximum absolute atomic E-state index is 13.2. The maximum Gasteiger partial charge on any atom is 0.190 e. The van der Waals surface area contributed by atoms with E-state index < -0.39 is 0 Å². The smallest absolute Gasteiger partial charge is 0.190 e. The van der Waals surface area contributed by atoms with Gasteiger partial charge < -0.3 is 37.9 Å². The lowest BCUT2D eigenvalue weighted by molar-refractivity contribution is -0.109. The molecule has 0 saturated carbocycles. The van der Waals surface area contributed by atoms with Gasteiger partial charge in [0.05, 0.1) is 56.9 Å². The van der Waals surface area contributed by atoms with Crippen molar-refractivity contribution in [3.63, 3.8) is 0 Å². The molecule has 0 saturated heterocycles. The average molecular weight is 1550 g/mol. The third-order valence-electron chi connectivity index (χ3n) is 16.5. The van der Waals surface area contributed by atoms with Crippen molar-refractivity contribution in [3.8, 4) is 46.0 Å². The van der Waals surface area contributed by atoms with Gasteiger partial charge in [-0.2, -0.15) is 0 Å². The normalized spacial score (nSPS) is 12.2. The Bertz CT molecular complexity index is 3670. The van der Waals surface area contributed by atoms with Gasteiger partial charge in [0.15, 0.2) is 40.9 Å². The van der Waals surface area contributed by atoms with Gasteiger partial charge in [0.1, 0.15) is 46.0 Å². The Morgan fingerprint density at radius 2 is 0.260 bits per heavy atom. The highest BCUT2D eigenvalue weighted by Gasteiger charge is 2.29. The summed E-state index contributed by atoms with van der Waals surface area (Å²) in [5.41, 5.74) is 11.0. The van der Waals surface area contributed by atoms with E-state index in [1.807, 2.05) is 97.1 Å². The van der Waals surface area contributed by atoms with Crippen molar-refractivity contribution in [2.75, 3.05) is 56.9 Å². The van der Waals surface area contributed by atoms with Crippen molar-refractivity contribution in [1.29, 1.82) is 0 Å². The number of carbonyl (C=O) groups is 8.